The van der Waals surface area contributed by atoms with Gasteiger partial charge in [-0.1, -0.05) is 27.4 Å². The second kappa shape index (κ2) is 4.49. The highest BCUT2D eigenvalue weighted by Gasteiger charge is 2.39. The monoisotopic (exact) mass is 269 g/mol. The molecule has 1 atom stereocenters. The third-order valence-electron chi connectivity index (χ3n) is 1.41. The molecular formula is C6H10IN2O2+. The molecule has 5 heteroatoms. The van der Waals surface area contributed by atoms with Gasteiger partial charge in [-0.15, -0.1) is 0 Å². The first-order valence-corrected chi connectivity index (χ1v) is 4.66. The molecule has 0 amide bonds. The molecule has 0 saturated heterocycles. The standard InChI is InChI=1S/C6H10IN2O2/c1-6(8-2,3-4-7)5-9(10)11/h2H,3-5H2,1H3/q+1. The van der Waals surface area contributed by atoms with Crippen molar-refractivity contribution in [1.82, 2.24) is 0 Å². The molecule has 11 heavy (non-hydrogen) atoms. The average molecular weight is 269 g/mol. The van der Waals surface area contributed by atoms with Crippen LogP contribution >= 0.6 is 22.6 Å². The van der Waals surface area contributed by atoms with Gasteiger partial charge in [-0.25, -0.2) is 0 Å². The molecule has 1 unspecified atom stereocenters. The van der Waals surface area contributed by atoms with Crippen molar-refractivity contribution < 1.29 is 4.92 Å². The maximum atomic E-state index is 10.1. The second-order valence-corrected chi connectivity index (χ2v) is 3.63. The van der Waals surface area contributed by atoms with E-state index < -0.39 is 5.54 Å². The molecule has 0 aliphatic carbocycles. The van der Waals surface area contributed by atoms with Crippen molar-refractivity contribution in [3.05, 3.63) is 15.0 Å². The predicted molar refractivity (Wildman–Crippen MR) is 52.1 cm³/mol. The molecule has 0 rings (SSSR count). The molecule has 0 aliphatic heterocycles. The Hall–Kier alpha value is -0.380. The van der Waals surface area contributed by atoms with Crippen LogP contribution in [0.5, 0.6) is 0 Å². The van der Waals surface area contributed by atoms with Crippen molar-refractivity contribution >= 4 is 22.6 Å². The van der Waals surface area contributed by atoms with Gasteiger partial charge < -0.3 is 0 Å². The fraction of sp³-hybridized carbons (Fsp3) is 0.833. The zero-order valence-corrected chi connectivity index (χ0v) is 8.45. The molecule has 0 heterocycles. The van der Waals surface area contributed by atoms with E-state index in [2.05, 4.69) is 27.4 Å². The summed E-state index contributed by atoms with van der Waals surface area (Å²) in [6.07, 6.45) is 0.644. The average Bonchev–Trinajstić information content (AvgIpc) is 1.87. The van der Waals surface area contributed by atoms with Crippen LogP contribution in [0.1, 0.15) is 13.3 Å². The summed E-state index contributed by atoms with van der Waals surface area (Å²) >= 11 is 2.14. The van der Waals surface area contributed by atoms with Gasteiger partial charge in [0.2, 0.25) is 0 Å². The summed E-state index contributed by atoms with van der Waals surface area (Å²) < 4.78 is 0.822. The van der Waals surface area contributed by atoms with Crippen LogP contribution in [0.2, 0.25) is 0 Å². The van der Waals surface area contributed by atoms with E-state index in [1.807, 2.05) is 0 Å². The summed E-state index contributed by atoms with van der Waals surface area (Å²) in [4.78, 5) is 13.3. The van der Waals surface area contributed by atoms with Gasteiger partial charge in [0.15, 0.2) is 0 Å². The number of halogens is 1. The lowest BCUT2D eigenvalue weighted by molar-refractivity contribution is -0.486. The highest BCUT2D eigenvalue weighted by atomic mass is 127. The van der Waals surface area contributed by atoms with Crippen LogP contribution < -0.4 is 0 Å². The summed E-state index contributed by atoms with van der Waals surface area (Å²) in [5, 5.41) is 10.1. The Kier molecular flexibility index (Phi) is 4.33. The van der Waals surface area contributed by atoms with Gasteiger partial charge in [0, 0.05) is 22.7 Å². The largest absolute Gasteiger partial charge is 0.341 e. The van der Waals surface area contributed by atoms with Gasteiger partial charge in [-0.05, 0) is 0 Å². The molecule has 0 aromatic heterocycles. The fourth-order valence-corrected chi connectivity index (χ4v) is 1.83. The Morgan fingerprint density at radius 2 is 2.36 bits per heavy atom. The molecule has 0 spiro atoms. The van der Waals surface area contributed by atoms with Crippen LogP contribution in [0, 0.1) is 16.7 Å². The van der Waals surface area contributed by atoms with E-state index in [4.69, 9.17) is 6.57 Å². The van der Waals surface area contributed by atoms with Crippen molar-refractivity contribution in [3.8, 4) is 6.57 Å². The van der Waals surface area contributed by atoms with E-state index >= 15 is 0 Å². The highest BCUT2D eigenvalue weighted by Crippen LogP contribution is 2.16. The lowest BCUT2D eigenvalue weighted by Crippen LogP contribution is -2.30. The lowest BCUT2D eigenvalue weighted by atomic mass is 10.0. The molecule has 0 aromatic carbocycles. The summed E-state index contributed by atoms with van der Waals surface area (Å²) in [5.74, 6) is 0. The van der Waals surface area contributed by atoms with E-state index in [-0.39, 0.29) is 11.5 Å². The first-order valence-electron chi connectivity index (χ1n) is 3.14. The molecule has 62 valence electrons. The molecule has 0 aromatic rings. The minimum atomic E-state index is -0.690. The summed E-state index contributed by atoms with van der Waals surface area (Å²) in [6, 6.07) is 0. The minimum absolute atomic E-state index is 0.188. The van der Waals surface area contributed by atoms with E-state index in [0.29, 0.717) is 6.42 Å². The van der Waals surface area contributed by atoms with Gasteiger partial charge in [0.1, 0.15) is 0 Å². The van der Waals surface area contributed by atoms with Gasteiger partial charge in [0.05, 0.1) is 0 Å². The minimum Gasteiger partial charge on any atom is -0.264 e. The molecule has 0 bridgehead atoms. The molecule has 0 aliphatic rings. The number of hydrogen-bond donors (Lipinski definition) is 0. The summed E-state index contributed by atoms with van der Waals surface area (Å²) in [7, 11) is 0. The third kappa shape index (κ3) is 4.14. The molecule has 0 fully saturated rings. The van der Waals surface area contributed by atoms with Crippen molar-refractivity contribution in [2.75, 3.05) is 11.0 Å². The Bertz CT molecular complexity index is 190. The van der Waals surface area contributed by atoms with Crippen LogP contribution in [0.15, 0.2) is 0 Å². The zero-order valence-electron chi connectivity index (χ0n) is 6.29. The van der Waals surface area contributed by atoms with Crippen LogP contribution in [0.25, 0.3) is 4.85 Å². The van der Waals surface area contributed by atoms with E-state index in [0.717, 1.165) is 4.43 Å². The Balaban J connectivity index is 4.13. The maximum absolute atomic E-state index is 10.1. The van der Waals surface area contributed by atoms with Gasteiger partial charge in [-0.3, -0.25) is 10.1 Å². The maximum Gasteiger partial charge on any atom is 0.341 e. The van der Waals surface area contributed by atoms with Crippen molar-refractivity contribution in [3.63, 3.8) is 0 Å². The van der Waals surface area contributed by atoms with E-state index in [9.17, 15) is 10.1 Å². The highest BCUT2D eigenvalue weighted by molar-refractivity contribution is 14.1. The third-order valence-corrected chi connectivity index (χ3v) is 1.95. The number of nitro groups is 1. The Morgan fingerprint density at radius 1 is 1.82 bits per heavy atom. The topological polar surface area (TPSA) is 47.5 Å². The number of alkyl halides is 1. The predicted octanol–water partition coefficient (Wildman–Crippen LogP) is 1.81. The Labute approximate surface area is 79.1 Å². The molecule has 0 radical (unpaired) electrons. The first-order chi connectivity index (χ1) is 5.04. The lowest BCUT2D eigenvalue weighted by Gasteiger charge is -2.04. The van der Waals surface area contributed by atoms with Crippen LogP contribution in [-0.4, -0.2) is 21.4 Å². The second-order valence-electron chi connectivity index (χ2n) is 2.56. The Morgan fingerprint density at radius 3 is 2.64 bits per heavy atom. The number of hydrogen-bond acceptors (Lipinski definition) is 2. The molecule has 0 N–H and O–H groups in total. The fourth-order valence-electron chi connectivity index (χ4n) is 0.666. The summed E-state index contributed by atoms with van der Waals surface area (Å²) in [5.41, 5.74) is -0.690. The van der Waals surface area contributed by atoms with Gasteiger partial charge in [-0.2, -0.15) is 0 Å². The SMILES string of the molecule is C#[N+]C(C)(CCI)C[N+](=O)[O-]. The van der Waals surface area contributed by atoms with E-state index in [1.165, 1.54) is 0 Å². The van der Waals surface area contributed by atoms with Crippen LogP contribution in [0.3, 0.4) is 0 Å². The quantitative estimate of drug-likeness (QED) is 0.338. The van der Waals surface area contributed by atoms with Gasteiger partial charge >= 0.3 is 5.54 Å². The van der Waals surface area contributed by atoms with Crippen molar-refractivity contribution in [2.45, 2.75) is 18.9 Å². The normalized spacial score (nSPS) is 15.0. The van der Waals surface area contributed by atoms with Crippen LogP contribution in [-0.2, 0) is 0 Å². The van der Waals surface area contributed by atoms with Gasteiger partial charge in [0.25, 0.3) is 13.1 Å². The van der Waals surface area contributed by atoms with Crippen molar-refractivity contribution in [1.29, 1.82) is 0 Å². The van der Waals surface area contributed by atoms with Crippen LogP contribution in [0.4, 0.5) is 0 Å². The number of rotatable bonds is 4. The molecule has 0 saturated carbocycles. The number of nitrogens with zero attached hydrogens (tertiary/aromatic N) is 2. The van der Waals surface area contributed by atoms with E-state index in [1.54, 1.807) is 6.92 Å². The smallest absolute Gasteiger partial charge is 0.264 e. The first kappa shape index (κ1) is 10.6. The van der Waals surface area contributed by atoms with Crippen molar-refractivity contribution in [2.24, 2.45) is 0 Å². The summed E-state index contributed by atoms with van der Waals surface area (Å²) in [6.45, 7) is 6.56. The zero-order chi connectivity index (χ0) is 8.91. The molecule has 4 nitrogen and oxygen atoms in total. The molecular weight excluding hydrogens is 259 g/mol.